The molecular weight excluding hydrogens is 478 g/mol. The molecule has 3 rings (SSSR count). The van der Waals surface area contributed by atoms with Gasteiger partial charge < -0.3 is 25.4 Å². The molecule has 2 amide bonds. The smallest absolute Gasteiger partial charge is 0.251 e. The van der Waals surface area contributed by atoms with E-state index < -0.39 is 12.1 Å². The lowest BCUT2D eigenvalue weighted by Gasteiger charge is -2.25. The molecule has 0 spiro atoms. The highest BCUT2D eigenvalue weighted by molar-refractivity contribution is 5.99. The fraction of sp³-hybridized carbons (Fsp3) is 0.548. The maximum atomic E-state index is 13.5. The van der Waals surface area contributed by atoms with Gasteiger partial charge >= 0.3 is 0 Å². The van der Waals surface area contributed by atoms with Crippen molar-refractivity contribution in [1.29, 1.82) is 0 Å². The van der Waals surface area contributed by atoms with Gasteiger partial charge in [-0.3, -0.25) is 9.59 Å². The van der Waals surface area contributed by atoms with E-state index in [1.54, 1.807) is 17.0 Å². The van der Waals surface area contributed by atoms with Crippen LogP contribution in [0.15, 0.2) is 48.5 Å². The Morgan fingerprint density at radius 3 is 2.61 bits per heavy atom. The second-order valence-corrected chi connectivity index (χ2v) is 10.6. The molecule has 1 saturated heterocycles. The molecule has 2 aromatic rings. The molecule has 38 heavy (non-hydrogen) atoms. The molecule has 1 aliphatic rings. The Morgan fingerprint density at radius 2 is 1.92 bits per heavy atom. The number of benzene rings is 2. The van der Waals surface area contributed by atoms with Gasteiger partial charge in [-0.1, -0.05) is 63.9 Å². The van der Waals surface area contributed by atoms with Crippen LogP contribution in [0.4, 0.5) is 5.69 Å². The Balaban J connectivity index is 1.78. The van der Waals surface area contributed by atoms with Crippen molar-refractivity contribution in [1.82, 2.24) is 10.6 Å². The van der Waals surface area contributed by atoms with Gasteiger partial charge in [0, 0.05) is 36.8 Å². The molecule has 2 unspecified atom stereocenters. The highest BCUT2D eigenvalue weighted by Gasteiger charge is 2.26. The molecule has 7 heteroatoms. The maximum Gasteiger partial charge on any atom is 0.251 e. The van der Waals surface area contributed by atoms with E-state index in [0.717, 1.165) is 44.2 Å². The van der Waals surface area contributed by atoms with Gasteiger partial charge in [-0.05, 0) is 55.8 Å². The van der Waals surface area contributed by atoms with E-state index in [1.165, 1.54) is 0 Å². The number of aliphatic hydroxyl groups is 1. The summed E-state index contributed by atoms with van der Waals surface area (Å²) in [6.45, 7) is 8.87. The highest BCUT2D eigenvalue weighted by Crippen LogP contribution is 2.28. The summed E-state index contributed by atoms with van der Waals surface area (Å²) in [7, 11) is 0. The van der Waals surface area contributed by atoms with E-state index in [0.29, 0.717) is 55.5 Å². The van der Waals surface area contributed by atoms with Gasteiger partial charge in [-0.15, -0.1) is 0 Å². The summed E-state index contributed by atoms with van der Waals surface area (Å²) < 4.78 is 5.99. The first kappa shape index (κ1) is 29.7. The number of nitrogens with zero attached hydrogens (tertiary/aromatic N) is 1. The minimum atomic E-state index is -0.764. The average molecular weight is 524 g/mol. The van der Waals surface area contributed by atoms with Crippen molar-refractivity contribution in [3.63, 3.8) is 0 Å². The van der Waals surface area contributed by atoms with Crippen molar-refractivity contribution in [2.24, 2.45) is 5.92 Å². The number of rotatable bonds is 16. The number of amides is 2. The molecule has 0 saturated carbocycles. The molecule has 1 aliphatic heterocycles. The zero-order chi connectivity index (χ0) is 27.3. The topological polar surface area (TPSA) is 90.9 Å². The number of hydrogen-bond acceptors (Lipinski definition) is 5. The van der Waals surface area contributed by atoms with Crippen molar-refractivity contribution in [3.05, 3.63) is 59.7 Å². The first-order valence-electron chi connectivity index (χ1n) is 14.2. The van der Waals surface area contributed by atoms with Crippen LogP contribution in [0.3, 0.4) is 0 Å². The molecule has 0 aromatic heterocycles. The van der Waals surface area contributed by atoms with Crippen LogP contribution in [-0.4, -0.2) is 55.3 Å². The largest absolute Gasteiger partial charge is 0.493 e. The third-order valence-corrected chi connectivity index (χ3v) is 6.89. The lowest BCUT2D eigenvalue weighted by Crippen LogP contribution is -2.49. The molecule has 208 valence electrons. The lowest BCUT2D eigenvalue weighted by atomic mass is 10.00. The Morgan fingerprint density at radius 1 is 1.13 bits per heavy atom. The van der Waals surface area contributed by atoms with E-state index in [-0.39, 0.29) is 11.8 Å². The SMILES string of the molecule is CCCCCOc1cc(C(=O)NC(Cc2ccccc2)C(O)CNCCC(C)C)cc(N2CCCC2=O)c1. The number of anilines is 1. The van der Waals surface area contributed by atoms with Gasteiger partial charge in [-0.2, -0.15) is 0 Å². The van der Waals surface area contributed by atoms with Crippen LogP contribution in [0.1, 0.15) is 75.2 Å². The van der Waals surface area contributed by atoms with Gasteiger partial charge in [0.1, 0.15) is 5.75 Å². The summed E-state index contributed by atoms with van der Waals surface area (Å²) in [5.74, 6) is 0.926. The fourth-order valence-electron chi connectivity index (χ4n) is 4.60. The monoisotopic (exact) mass is 523 g/mol. The van der Waals surface area contributed by atoms with Crippen LogP contribution >= 0.6 is 0 Å². The van der Waals surface area contributed by atoms with E-state index in [1.807, 2.05) is 36.4 Å². The summed E-state index contributed by atoms with van der Waals surface area (Å²) in [4.78, 5) is 27.7. The van der Waals surface area contributed by atoms with Gasteiger partial charge in [0.15, 0.2) is 0 Å². The van der Waals surface area contributed by atoms with Crippen molar-refractivity contribution >= 4 is 17.5 Å². The minimum Gasteiger partial charge on any atom is -0.493 e. The number of hydrogen-bond donors (Lipinski definition) is 3. The number of aliphatic hydroxyl groups excluding tert-OH is 1. The Bertz CT molecular complexity index is 1010. The van der Waals surface area contributed by atoms with E-state index >= 15 is 0 Å². The number of carbonyl (C=O) groups is 2. The molecule has 2 aromatic carbocycles. The zero-order valence-electron chi connectivity index (χ0n) is 23.2. The predicted octanol–water partition coefficient (Wildman–Crippen LogP) is 4.72. The van der Waals surface area contributed by atoms with E-state index in [9.17, 15) is 14.7 Å². The zero-order valence-corrected chi connectivity index (χ0v) is 23.2. The minimum absolute atomic E-state index is 0.0596. The molecular formula is C31H45N3O4. The van der Waals surface area contributed by atoms with Crippen LogP contribution in [0.5, 0.6) is 5.75 Å². The molecule has 0 radical (unpaired) electrons. The summed E-state index contributed by atoms with van der Waals surface area (Å²) in [5, 5.41) is 17.5. The molecule has 2 atom stereocenters. The Hall–Kier alpha value is -2.90. The highest BCUT2D eigenvalue weighted by atomic mass is 16.5. The standard InChI is InChI=1S/C31H45N3O4/c1-4-5-9-17-38-27-20-25(19-26(21-27)34-16-10-13-30(34)36)31(37)33-28(18-24-11-7-6-8-12-24)29(35)22-32-15-14-23(2)3/h6-8,11-12,19-21,23,28-29,32,35H,4-5,9-10,13-18,22H2,1-3H3,(H,33,37). The second-order valence-electron chi connectivity index (χ2n) is 10.6. The maximum absolute atomic E-state index is 13.5. The Kier molecular flexibility index (Phi) is 12.1. The van der Waals surface area contributed by atoms with Crippen molar-refractivity contribution < 1.29 is 19.4 Å². The van der Waals surface area contributed by atoms with Gasteiger partial charge in [0.2, 0.25) is 5.91 Å². The predicted molar refractivity (Wildman–Crippen MR) is 153 cm³/mol. The van der Waals surface area contributed by atoms with Crippen LogP contribution in [-0.2, 0) is 11.2 Å². The number of unbranched alkanes of at least 4 members (excludes halogenated alkanes) is 2. The number of ether oxygens (including phenoxy) is 1. The Labute approximate surface area is 228 Å². The molecule has 1 fully saturated rings. The van der Waals surface area contributed by atoms with Crippen molar-refractivity contribution in [3.8, 4) is 5.75 Å². The van der Waals surface area contributed by atoms with Gasteiger partial charge in [0.05, 0.1) is 18.8 Å². The van der Waals surface area contributed by atoms with Gasteiger partial charge in [0.25, 0.3) is 5.91 Å². The van der Waals surface area contributed by atoms with Crippen LogP contribution in [0, 0.1) is 5.92 Å². The molecule has 0 bridgehead atoms. The first-order chi connectivity index (χ1) is 18.4. The fourth-order valence-corrected chi connectivity index (χ4v) is 4.60. The van der Waals surface area contributed by atoms with Gasteiger partial charge in [-0.25, -0.2) is 0 Å². The van der Waals surface area contributed by atoms with Crippen molar-refractivity contribution in [2.75, 3.05) is 31.1 Å². The molecule has 3 N–H and O–H groups in total. The first-order valence-corrected chi connectivity index (χ1v) is 14.2. The third-order valence-electron chi connectivity index (χ3n) is 6.89. The summed E-state index contributed by atoms with van der Waals surface area (Å²) in [6, 6.07) is 14.7. The summed E-state index contributed by atoms with van der Waals surface area (Å²) in [5.41, 5.74) is 2.14. The third kappa shape index (κ3) is 9.44. The van der Waals surface area contributed by atoms with E-state index in [4.69, 9.17) is 4.74 Å². The van der Waals surface area contributed by atoms with Crippen LogP contribution < -0.4 is 20.3 Å². The summed E-state index contributed by atoms with van der Waals surface area (Å²) in [6.07, 6.45) is 5.17. The molecule has 1 heterocycles. The van der Waals surface area contributed by atoms with E-state index in [2.05, 4.69) is 31.4 Å². The number of carbonyl (C=O) groups excluding carboxylic acids is 2. The van der Waals surface area contributed by atoms with Crippen LogP contribution in [0.2, 0.25) is 0 Å². The molecule has 7 nitrogen and oxygen atoms in total. The normalized spacial score (nSPS) is 15.1. The quantitative estimate of drug-likeness (QED) is 0.277. The molecule has 0 aliphatic carbocycles. The second kappa shape index (κ2) is 15.5. The van der Waals surface area contributed by atoms with Crippen molar-refractivity contribution in [2.45, 2.75) is 77.9 Å². The van der Waals surface area contributed by atoms with Crippen LogP contribution in [0.25, 0.3) is 0 Å². The number of nitrogens with one attached hydrogen (secondary N) is 2. The summed E-state index contributed by atoms with van der Waals surface area (Å²) >= 11 is 0. The lowest BCUT2D eigenvalue weighted by molar-refractivity contribution is -0.117. The average Bonchev–Trinajstić information content (AvgIpc) is 3.34.